The summed E-state index contributed by atoms with van der Waals surface area (Å²) in [5.41, 5.74) is 5.01. The molecule has 0 radical (unpaired) electrons. The largest absolute Gasteiger partial charge is 0.371 e. The van der Waals surface area contributed by atoms with Crippen LogP contribution in [0.5, 0.6) is 0 Å². The van der Waals surface area contributed by atoms with Gasteiger partial charge in [-0.2, -0.15) is 0 Å². The van der Waals surface area contributed by atoms with Gasteiger partial charge in [0.25, 0.3) is 0 Å². The van der Waals surface area contributed by atoms with E-state index in [1.54, 1.807) is 0 Å². The van der Waals surface area contributed by atoms with Crippen molar-refractivity contribution in [2.45, 2.75) is 39.2 Å². The number of carbonyl (C=O) groups excluding carboxylic acids is 1. The fourth-order valence-corrected chi connectivity index (χ4v) is 3.69. The lowest BCUT2D eigenvalue weighted by atomic mass is 9.99. The molecular formula is C22H27NO2. The van der Waals surface area contributed by atoms with E-state index in [2.05, 4.69) is 44.2 Å². The van der Waals surface area contributed by atoms with Gasteiger partial charge in [0, 0.05) is 6.54 Å². The molecule has 3 heteroatoms. The molecule has 0 aliphatic carbocycles. The Bertz CT molecular complexity index is 691. The van der Waals surface area contributed by atoms with Crippen molar-refractivity contribution in [1.29, 1.82) is 0 Å². The zero-order chi connectivity index (χ0) is 17.6. The van der Waals surface area contributed by atoms with Gasteiger partial charge >= 0.3 is 0 Å². The van der Waals surface area contributed by atoms with Crippen molar-refractivity contribution in [3.05, 3.63) is 70.8 Å². The fraction of sp³-hybridized carbons (Fsp3) is 0.409. The number of ether oxygens (including phenoxy) is 1. The third kappa shape index (κ3) is 4.70. The highest BCUT2D eigenvalue weighted by Crippen LogP contribution is 2.32. The maximum atomic E-state index is 12.6. The topological polar surface area (TPSA) is 29.5 Å². The third-order valence-electron chi connectivity index (χ3n) is 4.81. The van der Waals surface area contributed by atoms with Crippen LogP contribution in [0.15, 0.2) is 48.5 Å². The van der Waals surface area contributed by atoms with Gasteiger partial charge in [-0.1, -0.05) is 59.7 Å². The summed E-state index contributed by atoms with van der Waals surface area (Å²) in [6.45, 7) is 5.82. The molecule has 1 aliphatic rings. The molecule has 1 unspecified atom stereocenters. The molecule has 1 aliphatic heterocycles. The first-order chi connectivity index (χ1) is 12.1. The van der Waals surface area contributed by atoms with Crippen molar-refractivity contribution >= 4 is 5.91 Å². The van der Waals surface area contributed by atoms with Gasteiger partial charge in [0.2, 0.25) is 5.91 Å². The summed E-state index contributed by atoms with van der Waals surface area (Å²) in [7, 11) is 0. The number of amides is 1. The second-order valence-electron chi connectivity index (χ2n) is 6.95. The SMILES string of the molecule is Cc1cc(C)cc(C2CCCN2C(=O)COCCc2ccccc2)c1. The van der Waals surface area contributed by atoms with E-state index >= 15 is 0 Å². The summed E-state index contributed by atoms with van der Waals surface area (Å²) in [6.07, 6.45) is 2.95. The lowest BCUT2D eigenvalue weighted by Gasteiger charge is -2.25. The Morgan fingerprint density at radius 1 is 1.12 bits per heavy atom. The molecule has 0 aromatic heterocycles. The highest BCUT2D eigenvalue weighted by atomic mass is 16.5. The zero-order valence-corrected chi connectivity index (χ0v) is 15.2. The van der Waals surface area contributed by atoms with Crippen LogP contribution in [-0.4, -0.2) is 30.6 Å². The van der Waals surface area contributed by atoms with Gasteiger partial charge in [-0.05, 0) is 44.2 Å². The molecule has 1 heterocycles. The second-order valence-corrected chi connectivity index (χ2v) is 6.95. The van der Waals surface area contributed by atoms with Gasteiger partial charge in [0.15, 0.2) is 0 Å². The van der Waals surface area contributed by atoms with Crippen LogP contribution in [0.2, 0.25) is 0 Å². The van der Waals surface area contributed by atoms with Crippen molar-refractivity contribution in [2.24, 2.45) is 0 Å². The van der Waals surface area contributed by atoms with Gasteiger partial charge in [-0.15, -0.1) is 0 Å². The number of nitrogens with zero attached hydrogens (tertiary/aromatic N) is 1. The Kier molecular flexibility index (Phi) is 5.87. The number of benzene rings is 2. The smallest absolute Gasteiger partial charge is 0.249 e. The van der Waals surface area contributed by atoms with Gasteiger partial charge in [0.1, 0.15) is 6.61 Å². The Morgan fingerprint density at radius 3 is 2.56 bits per heavy atom. The number of hydrogen-bond donors (Lipinski definition) is 0. The molecule has 3 nitrogen and oxygen atoms in total. The predicted octanol–water partition coefficient (Wildman–Crippen LogP) is 4.23. The number of rotatable bonds is 6. The van der Waals surface area contributed by atoms with E-state index in [-0.39, 0.29) is 18.6 Å². The first-order valence-corrected chi connectivity index (χ1v) is 9.13. The van der Waals surface area contributed by atoms with Crippen LogP contribution in [0.3, 0.4) is 0 Å². The average Bonchev–Trinajstić information content (AvgIpc) is 3.08. The summed E-state index contributed by atoms with van der Waals surface area (Å²) in [6, 6.07) is 17.0. The number of aryl methyl sites for hydroxylation is 2. The van der Waals surface area contributed by atoms with Crippen LogP contribution >= 0.6 is 0 Å². The molecule has 1 saturated heterocycles. The Morgan fingerprint density at radius 2 is 1.84 bits per heavy atom. The standard InChI is InChI=1S/C22H27NO2/c1-17-13-18(2)15-20(14-17)21-9-6-11-23(21)22(24)16-25-12-10-19-7-4-3-5-8-19/h3-5,7-8,13-15,21H,6,9-12,16H2,1-2H3. The van der Waals surface area contributed by atoms with E-state index in [9.17, 15) is 4.79 Å². The number of likely N-dealkylation sites (tertiary alicyclic amines) is 1. The lowest BCUT2D eigenvalue weighted by molar-refractivity contribution is -0.137. The van der Waals surface area contributed by atoms with E-state index in [4.69, 9.17) is 4.74 Å². The molecule has 1 amide bonds. The van der Waals surface area contributed by atoms with Crippen LogP contribution in [0.1, 0.15) is 41.1 Å². The monoisotopic (exact) mass is 337 g/mol. The molecular weight excluding hydrogens is 310 g/mol. The van der Waals surface area contributed by atoms with Crippen molar-refractivity contribution in [1.82, 2.24) is 4.90 Å². The first kappa shape index (κ1) is 17.7. The third-order valence-corrected chi connectivity index (χ3v) is 4.81. The van der Waals surface area contributed by atoms with E-state index < -0.39 is 0 Å². The summed E-state index contributed by atoms with van der Waals surface area (Å²) < 4.78 is 5.65. The quantitative estimate of drug-likeness (QED) is 0.739. The van der Waals surface area contributed by atoms with E-state index in [0.717, 1.165) is 25.8 Å². The van der Waals surface area contributed by atoms with Gasteiger partial charge in [-0.25, -0.2) is 0 Å². The maximum Gasteiger partial charge on any atom is 0.249 e. The van der Waals surface area contributed by atoms with Gasteiger partial charge < -0.3 is 9.64 Å². The molecule has 0 N–H and O–H groups in total. The van der Waals surface area contributed by atoms with Crippen LogP contribution in [0.4, 0.5) is 0 Å². The minimum atomic E-state index is 0.106. The molecule has 0 saturated carbocycles. The predicted molar refractivity (Wildman–Crippen MR) is 101 cm³/mol. The maximum absolute atomic E-state index is 12.6. The highest BCUT2D eigenvalue weighted by molar-refractivity contribution is 5.78. The van der Waals surface area contributed by atoms with Crippen LogP contribution in [0.25, 0.3) is 0 Å². The minimum Gasteiger partial charge on any atom is -0.371 e. The molecule has 1 atom stereocenters. The van der Waals surface area contributed by atoms with Crippen molar-refractivity contribution < 1.29 is 9.53 Å². The molecule has 2 aromatic carbocycles. The fourth-order valence-electron chi connectivity index (χ4n) is 3.69. The minimum absolute atomic E-state index is 0.106. The van der Waals surface area contributed by atoms with E-state index in [1.807, 2.05) is 23.1 Å². The summed E-state index contributed by atoms with van der Waals surface area (Å²) >= 11 is 0. The molecule has 1 fully saturated rings. The van der Waals surface area contributed by atoms with Crippen LogP contribution < -0.4 is 0 Å². The first-order valence-electron chi connectivity index (χ1n) is 9.13. The van der Waals surface area contributed by atoms with Crippen LogP contribution in [0, 0.1) is 13.8 Å². The zero-order valence-electron chi connectivity index (χ0n) is 15.2. The molecule has 25 heavy (non-hydrogen) atoms. The van der Waals surface area contributed by atoms with Crippen molar-refractivity contribution in [3.63, 3.8) is 0 Å². The number of hydrogen-bond acceptors (Lipinski definition) is 2. The number of carbonyl (C=O) groups is 1. The molecule has 132 valence electrons. The van der Waals surface area contributed by atoms with E-state index in [0.29, 0.717) is 6.61 Å². The molecule has 2 aromatic rings. The normalized spacial score (nSPS) is 17.0. The summed E-state index contributed by atoms with van der Waals surface area (Å²) in [4.78, 5) is 14.6. The van der Waals surface area contributed by atoms with Crippen molar-refractivity contribution in [2.75, 3.05) is 19.8 Å². The summed E-state index contributed by atoms with van der Waals surface area (Å²) in [5.74, 6) is 0.106. The average molecular weight is 337 g/mol. The molecule has 0 bridgehead atoms. The highest BCUT2D eigenvalue weighted by Gasteiger charge is 2.29. The Labute approximate surface area is 150 Å². The lowest BCUT2D eigenvalue weighted by Crippen LogP contribution is -2.33. The second kappa shape index (κ2) is 8.30. The van der Waals surface area contributed by atoms with Crippen LogP contribution in [-0.2, 0) is 16.0 Å². The van der Waals surface area contributed by atoms with Gasteiger partial charge in [-0.3, -0.25) is 4.79 Å². The van der Waals surface area contributed by atoms with Gasteiger partial charge in [0.05, 0.1) is 12.6 Å². The Balaban J connectivity index is 1.54. The van der Waals surface area contributed by atoms with Crippen molar-refractivity contribution in [3.8, 4) is 0 Å². The molecule has 0 spiro atoms. The Hall–Kier alpha value is -2.13. The van der Waals surface area contributed by atoms with E-state index in [1.165, 1.54) is 22.3 Å². The summed E-state index contributed by atoms with van der Waals surface area (Å²) in [5, 5.41) is 0. The molecule has 3 rings (SSSR count).